The number of carbonyl (C=O) groups excluding carboxylic acids is 1. The lowest BCUT2D eigenvalue weighted by molar-refractivity contribution is 0.0688. The zero-order valence-corrected chi connectivity index (χ0v) is 12.3. The maximum absolute atomic E-state index is 12.6. The highest BCUT2D eigenvalue weighted by Gasteiger charge is 2.23. The lowest BCUT2D eigenvalue weighted by atomic mass is 9.93. The van der Waals surface area contributed by atoms with Crippen molar-refractivity contribution >= 4 is 16.7 Å². The van der Waals surface area contributed by atoms with Gasteiger partial charge >= 0.3 is 0 Å². The van der Waals surface area contributed by atoms with Crippen LogP contribution < -0.4 is 5.73 Å². The van der Waals surface area contributed by atoms with Gasteiger partial charge in [0.15, 0.2) is 0 Å². The van der Waals surface area contributed by atoms with Crippen LogP contribution in [0.1, 0.15) is 29.6 Å². The zero-order chi connectivity index (χ0) is 14.7. The molecule has 1 heterocycles. The first-order valence-corrected chi connectivity index (χ1v) is 7.76. The van der Waals surface area contributed by atoms with Crippen LogP contribution in [0.15, 0.2) is 42.5 Å². The van der Waals surface area contributed by atoms with E-state index in [-0.39, 0.29) is 5.91 Å². The Morgan fingerprint density at radius 2 is 1.81 bits per heavy atom. The van der Waals surface area contributed by atoms with E-state index in [9.17, 15) is 4.79 Å². The Morgan fingerprint density at radius 1 is 1.10 bits per heavy atom. The van der Waals surface area contributed by atoms with E-state index < -0.39 is 0 Å². The van der Waals surface area contributed by atoms with E-state index in [2.05, 4.69) is 12.1 Å². The lowest BCUT2D eigenvalue weighted by Gasteiger charge is -2.32. The standard InChI is InChI=1S/C18H22N2O/c19-10-7-14-8-11-20(12-9-14)18(21)17-6-5-15-3-1-2-4-16(15)13-17/h1-6,13-14H,7-12,19H2. The number of carbonyl (C=O) groups is 1. The number of amides is 1. The van der Waals surface area contributed by atoms with Crippen molar-refractivity contribution in [2.75, 3.05) is 19.6 Å². The fraction of sp³-hybridized carbons (Fsp3) is 0.389. The van der Waals surface area contributed by atoms with E-state index in [1.807, 2.05) is 35.2 Å². The molecule has 0 saturated carbocycles. The highest BCUT2D eigenvalue weighted by molar-refractivity contribution is 5.98. The summed E-state index contributed by atoms with van der Waals surface area (Å²) >= 11 is 0. The lowest BCUT2D eigenvalue weighted by Crippen LogP contribution is -2.38. The topological polar surface area (TPSA) is 46.3 Å². The molecule has 0 atom stereocenters. The average Bonchev–Trinajstić information content (AvgIpc) is 2.55. The Morgan fingerprint density at radius 3 is 2.52 bits per heavy atom. The van der Waals surface area contributed by atoms with Crippen LogP contribution in [0.2, 0.25) is 0 Å². The van der Waals surface area contributed by atoms with Gasteiger partial charge < -0.3 is 10.6 Å². The number of rotatable bonds is 3. The van der Waals surface area contributed by atoms with E-state index in [1.165, 1.54) is 5.39 Å². The molecule has 1 aliphatic heterocycles. The van der Waals surface area contributed by atoms with Crippen LogP contribution in [-0.4, -0.2) is 30.4 Å². The number of fused-ring (bicyclic) bond motifs is 1. The van der Waals surface area contributed by atoms with E-state index in [4.69, 9.17) is 5.73 Å². The molecule has 1 amide bonds. The smallest absolute Gasteiger partial charge is 0.253 e. The molecule has 3 rings (SSSR count). The number of nitrogens with zero attached hydrogens (tertiary/aromatic N) is 1. The molecule has 1 aliphatic rings. The molecule has 2 aromatic rings. The van der Waals surface area contributed by atoms with Gasteiger partial charge in [0.1, 0.15) is 0 Å². The Balaban J connectivity index is 1.72. The largest absolute Gasteiger partial charge is 0.339 e. The Hall–Kier alpha value is -1.87. The summed E-state index contributed by atoms with van der Waals surface area (Å²) in [6, 6.07) is 14.1. The van der Waals surface area contributed by atoms with Gasteiger partial charge in [-0.05, 0) is 54.6 Å². The molecule has 110 valence electrons. The third-order valence-electron chi connectivity index (χ3n) is 4.47. The van der Waals surface area contributed by atoms with Crippen LogP contribution in [0.4, 0.5) is 0 Å². The van der Waals surface area contributed by atoms with Gasteiger partial charge in [0.2, 0.25) is 0 Å². The van der Waals surface area contributed by atoms with Crippen molar-refractivity contribution in [3.8, 4) is 0 Å². The highest BCUT2D eigenvalue weighted by Crippen LogP contribution is 2.22. The maximum atomic E-state index is 12.6. The van der Waals surface area contributed by atoms with Gasteiger partial charge in [-0.15, -0.1) is 0 Å². The van der Waals surface area contributed by atoms with E-state index >= 15 is 0 Å². The molecule has 1 fully saturated rings. The van der Waals surface area contributed by atoms with Crippen molar-refractivity contribution in [2.24, 2.45) is 11.7 Å². The Bertz CT molecular complexity index is 630. The molecule has 21 heavy (non-hydrogen) atoms. The number of likely N-dealkylation sites (tertiary alicyclic amines) is 1. The van der Waals surface area contributed by atoms with E-state index in [0.29, 0.717) is 5.92 Å². The first kappa shape index (κ1) is 14.1. The molecular formula is C18H22N2O. The second-order valence-electron chi connectivity index (χ2n) is 5.87. The third kappa shape index (κ3) is 3.08. The van der Waals surface area contributed by atoms with Crippen molar-refractivity contribution in [1.29, 1.82) is 0 Å². The minimum Gasteiger partial charge on any atom is -0.339 e. The van der Waals surface area contributed by atoms with Crippen LogP contribution in [0.5, 0.6) is 0 Å². The second kappa shape index (κ2) is 6.27. The van der Waals surface area contributed by atoms with Gasteiger partial charge in [0.05, 0.1) is 0 Å². The molecule has 0 bridgehead atoms. The quantitative estimate of drug-likeness (QED) is 0.940. The van der Waals surface area contributed by atoms with Crippen molar-refractivity contribution in [3.63, 3.8) is 0 Å². The monoisotopic (exact) mass is 282 g/mol. The zero-order valence-electron chi connectivity index (χ0n) is 12.3. The minimum atomic E-state index is 0.159. The van der Waals surface area contributed by atoms with Crippen LogP contribution in [0.25, 0.3) is 10.8 Å². The minimum absolute atomic E-state index is 0.159. The number of benzene rings is 2. The number of hydrogen-bond donors (Lipinski definition) is 1. The van der Waals surface area contributed by atoms with Crippen molar-refractivity contribution < 1.29 is 4.79 Å². The van der Waals surface area contributed by atoms with Crippen molar-refractivity contribution in [1.82, 2.24) is 4.90 Å². The molecule has 3 nitrogen and oxygen atoms in total. The Labute approximate surface area is 125 Å². The molecule has 0 aliphatic carbocycles. The molecule has 0 aromatic heterocycles. The van der Waals surface area contributed by atoms with E-state index in [0.717, 1.165) is 49.8 Å². The molecule has 3 heteroatoms. The number of hydrogen-bond acceptors (Lipinski definition) is 2. The van der Waals surface area contributed by atoms with Crippen molar-refractivity contribution in [2.45, 2.75) is 19.3 Å². The van der Waals surface area contributed by atoms with Crippen molar-refractivity contribution in [3.05, 3.63) is 48.0 Å². The van der Waals surface area contributed by atoms with Crippen LogP contribution >= 0.6 is 0 Å². The molecule has 0 spiro atoms. The normalized spacial score (nSPS) is 16.3. The number of nitrogens with two attached hydrogens (primary N) is 1. The molecule has 0 radical (unpaired) electrons. The summed E-state index contributed by atoms with van der Waals surface area (Å²) in [5.74, 6) is 0.850. The van der Waals surface area contributed by atoms with E-state index in [1.54, 1.807) is 0 Å². The van der Waals surface area contributed by atoms with Crippen LogP contribution in [-0.2, 0) is 0 Å². The highest BCUT2D eigenvalue weighted by atomic mass is 16.2. The molecule has 1 saturated heterocycles. The van der Waals surface area contributed by atoms with Gasteiger partial charge in [-0.1, -0.05) is 30.3 Å². The summed E-state index contributed by atoms with van der Waals surface area (Å²) in [6.45, 7) is 2.47. The van der Waals surface area contributed by atoms with Crippen LogP contribution in [0.3, 0.4) is 0 Å². The van der Waals surface area contributed by atoms with Gasteiger partial charge in [-0.3, -0.25) is 4.79 Å². The maximum Gasteiger partial charge on any atom is 0.253 e. The van der Waals surface area contributed by atoms with Gasteiger partial charge in [0.25, 0.3) is 5.91 Å². The summed E-state index contributed by atoms with van der Waals surface area (Å²) in [4.78, 5) is 14.6. The first-order valence-electron chi connectivity index (χ1n) is 7.76. The SMILES string of the molecule is NCCC1CCN(C(=O)c2ccc3ccccc3c2)CC1. The first-order chi connectivity index (χ1) is 10.3. The summed E-state index contributed by atoms with van der Waals surface area (Å²) in [5.41, 5.74) is 6.41. The number of piperidine rings is 1. The third-order valence-corrected chi connectivity index (χ3v) is 4.47. The molecular weight excluding hydrogens is 260 g/mol. The fourth-order valence-corrected chi connectivity index (χ4v) is 3.17. The molecule has 2 N–H and O–H groups in total. The van der Waals surface area contributed by atoms with Crippen LogP contribution in [0, 0.1) is 5.92 Å². The van der Waals surface area contributed by atoms with Gasteiger partial charge in [0, 0.05) is 18.7 Å². The summed E-state index contributed by atoms with van der Waals surface area (Å²) in [6.07, 6.45) is 3.24. The second-order valence-corrected chi connectivity index (χ2v) is 5.87. The summed E-state index contributed by atoms with van der Waals surface area (Å²) in [5, 5.41) is 2.30. The molecule has 0 unspecified atom stereocenters. The summed E-state index contributed by atoms with van der Waals surface area (Å²) < 4.78 is 0. The fourth-order valence-electron chi connectivity index (χ4n) is 3.17. The molecule has 2 aromatic carbocycles. The predicted octanol–water partition coefficient (Wildman–Crippen LogP) is 3.04. The summed E-state index contributed by atoms with van der Waals surface area (Å²) in [7, 11) is 0. The predicted molar refractivity (Wildman–Crippen MR) is 86.2 cm³/mol. The van der Waals surface area contributed by atoms with Gasteiger partial charge in [-0.2, -0.15) is 0 Å². The average molecular weight is 282 g/mol. The Kier molecular flexibility index (Phi) is 4.20. The van der Waals surface area contributed by atoms with Gasteiger partial charge in [-0.25, -0.2) is 0 Å².